The van der Waals surface area contributed by atoms with Crippen molar-refractivity contribution in [1.82, 2.24) is 4.90 Å². The highest BCUT2D eigenvalue weighted by molar-refractivity contribution is 8.00. The van der Waals surface area contributed by atoms with Gasteiger partial charge in [0, 0.05) is 22.8 Å². The summed E-state index contributed by atoms with van der Waals surface area (Å²) < 4.78 is 34.0. The normalized spacial score (nSPS) is 27.5. The van der Waals surface area contributed by atoms with Crippen molar-refractivity contribution in [3.63, 3.8) is 0 Å². The summed E-state index contributed by atoms with van der Waals surface area (Å²) in [5.41, 5.74) is 7.35. The van der Waals surface area contributed by atoms with Crippen molar-refractivity contribution in [2.45, 2.75) is 36.6 Å². The third kappa shape index (κ3) is 4.58. The van der Waals surface area contributed by atoms with E-state index in [9.17, 15) is 28.1 Å². The summed E-state index contributed by atoms with van der Waals surface area (Å²) in [4.78, 5) is 39.3. The van der Waals surface area contributed by atoms with Crippen LogP contribution in [0.2, 0.25) is 0 Å². The zero-order valence-electron chi connectivity index (χ0n) is 16.3. The van der Waals surface area contributed by atoms with Crippen LogP contribution < -0.4 is 0 Å². The third-order valence-electron chi connectivity index (χ3n) is 4.72. The van der Waals surface area contributed by atoms with Crippen LogP contribution in [-0.4, -0.2) is 65.2 Å². The Hall–Kier alpha value is -2.87. The summed E-state index contributed by atoms with van der Waals surface area (Å²) in [6.07, 6.45) is 0.828. The Bertz CT molecular complexity index is 1070. The second kappa shape index (κ2) is 8.34. The lowest BCUT2D eigenvalue weighted by Gasteiger charge is -2.56. The minimum Gasteiger partial charge on any atom is -0.459 e. The Kier molecular flexibility index (Phi) is 6.14. The number of nitro groups is 1. The Labute approximate surface area is 180 Å². The minimum absolute atomic E-state index is 0.0171. The number of fused-ring (bicyclic) bond motifs is 1. The fourth-order valence-electron chi connectivity index (χ4n) is 3.43. The molecule has 2 aliphatic heterocycles. The van der Waals surface area contributed by atoms with Gasteiger partial charge in [-0.2, -0.15) is 8.42 Å². The Morgan fingerprint density at radius 2 is 2.10 bits per heavy atom. The Balaban J connectivity index is 1.83. The second-order valence-electron chi connectivity index (χ2n) is 7.13. The van der Waals surface area contributed by atoms with Crippen molar-refractivity contribution >= 4 is 39.4 Å². The molecular weight excluding hydrogens is 454 g/mol. The van der Waals surface area contributed by atoms with Gasteiger partial charge in [-0.25, -0.2) is 4.79 Å². The van der Waals surface area contributed by atoms with Gasteiger partial charge < -0.3 is 9.64 Å². The molecule has 0 bridgehead atoms. The smallest absolute Gasteiger partial charge is 0.332 e. The molecule has 13 nitrogen and oxygen atoms in total. The zero-order chi connectivity index (χ0) is 23.0. The maximum Gasteiger partial charge on any atom is 0.332 e. The van der Waals surface area contributed by atoms with Crippen LogP contribution >= 0.6 is 11.8 Å². The number of benzene rings is 1. The first kappa shape index (κ1) is 22.8. The van der Waals surface area contributed by atoms with Crippen LogP contribution in [0.25, 0.3) is 10.4 Å². The van der Waals surface area contributed by atoms with Crippen molar-refractivity contribution in [2.75, 3.05) is 12.0 Å². The van der Waals surface area contributed by atoms with Gasteiger partial charge in [-0.15, -0.1) is 11.8 Å². The quantitative estimate of drug-likeness (QED) is 0.0827. The monoisotopic (exact) mass is 471 g/mol. The van der Waals surface area contributed by atoms with Gasteiger partial charge in [-0.3, -0.25) is 19.1 Å². The molecule has 4 atom stereocenters. The maximum atomic E-state index is 12.9. The summed E-state index contributed by atoms with van der Waals surface area (Å²) in [7, 11) is -3.99. The highest BCUT2D eigenvalue weighted by atomic mass is 32.2. The molecule has 2 fully saturated rings. The van der Waals surface area contributed by atoms with Crippen LogP contribution in [0.4, 0.5) is 5.69 Å². The number of hydrogen-bond donors (Lipinski definition) is 0. The number of thioether (sulfide) groups is 1. The lowest BCUT2D eigenvalue weighted by Crippen LogP contribution is -2.75. The van der Waals surface area contributed by atoms with Gasteiger partial charge in [0.2, 0.25) is 5.91 Å². The van der Waals surface area contributed by atoms with E-state index in [4.69, 9.17) is 14.5 Å². The van der Waals surface area contributed by atoms with E-state index in [1.807, 2.05) is 0 Å². The highest BCUT2D eigenvalue weighted by Gasteiger charge is 2.62. The molecule has 2 saturated heterocycles. The van der Waals surface area contributed by atoms with Crippen LogP contribution in [0.1, 0.15) is 12.5 Å². The van der Waals surface area contributed by atoms with E-state index in [-0.39, 0.29) is 18.0 Å². The number of nitro benzene ring substituents is 1. The van der Waals surface area contributed by atoms with Crippen LogP contribution in [0.3, 0.4) is 0 Å². The molecule has 0 N–H and O–H groups in total. The standard InChI is InChI=1S/C16H17N5O8S2/c1-16(29-31(2,26)27)8-30-14-11(18-19-17)13(22)20(14)12(16)15(23)28-7-9-3-5-10(6-4-9)21(24)25/h3-6,11-12,14H,7-8H2,1-2H3/t11-,12?,14+,16?/m0/s1. The third-order valence-corrected chi connectivity index (χ3v) is 6.97. The molecule has 0 aromatic heterocycles. The summed E-state index contributed by atoms with van der Waals surface area (Å²) in [5.74, 6) is -1.54. The van der Waals surface area contributed by atoms with E-state index in [1.165, 1.54) is 31.2 Å². The van der Waals surface area contributed by atoms with Gasteiger partial charge in [-0.05, 0) is 30.2 Å². The van der Waals surface area contributed by atoms with Crippen molar-refractivity contribution < 1.29 is 31.9 Å². The molecule has 31 heavy (non-hydrogen) atoms. The number of ether oxygens (including phenoxy) is 1. The fourth-order valence-corrected chi connectivity index (χ4v) is 5.80. The lowest BCUT2D eigenvalue weighted by atomic mass is 9.91. The first-order valence-corrected chi connectivity index (χ1v) is 11.6. The van der Waals surface area contributed by atoms with Crippen LogP contribution in [0.5, 0.6) is 0 Å². The molecule has 2 unspecified atom stereocenters. The molecule has 1 aromatic rings. The lowest BCUT2D eigenvalue weighted by molar-refractivity contribution is -0.384. The highest BCUT2D eigenvalue weighted by Crippen LogP contribution is 2.45. The predicted octanol–water partition coefficient (Wildman–Crippen LogP) is 1.34. The van der Waals surface area contributed by atoms with Crippen LogP contribution in [0.15, 0.2) is 29.4 Å². The zero-order valence-corrected chi connectivity index (χ0v) is 17.9. The van der Waals surface area contributed by atoms with Gasteiger partial charge in [0.05, 0.1) is 16.6 Å². The predicted molar refractivity (Wildman–Crippen MR) is 107 cm³/mol. The van der Waals surface area contributed by atoms with Gasteiger partial charge in [0.15, 0.2) is 6.04 Å². The average Bonchev–Trinajstić information content (AvgIpc) is 2.68. The van der Waals surface area contributed by atoms with Crippen molar-refractivity contribution in [3.05, 3.63) is 50.4 Å². The molecule has 166 valence electrons. The molecular formula is C16H17N5O8S2. The first-order valence-electron chi connectivity index (χ1n) is 8.75. The number of non-ortho nitro benzene ring substituents is 1. The number of hydrogen-bond acceptors (Lipinski definition) is 10. The van der Waals surface area contributed by atoms with E-state index in [0.29, 0.717) is 5.56 Å². The number of azide groups is 1. The molecule has 3 rings (SSSR count). The first-order chi connectivity index (χ1) is 14.5. The van der Waals surface area contributed by atoms with Gasteiger partial charge in [0.25, 0.3) is 15.8 Å². The average molecular weight is 471 g/mol. The number of rotatable bonds is 7. The van der Waals surface area contributed by atoms with E-state index in [2.05, 4.69) is 10.0 Å². The van der Waals surface area contributed by atoms with Gasteiger partial charge >= 0.3 is 5.97 Å². The number of esters is 1. The molecule has 1 aromatic carbocycles. The second-order valence-corrected chi connectivity index (χ2v) is 9.81. The molecule has 2 heterocycles. The molecule has 2 aliphatic rings. The largest absolute Gasteiger partial charge is 0.459 e. The van der Waals surface area contributed by atoms with E-state index < -0.39 is 50.0 Å². The molecule has 0 spiro atoms. The molecule has 0 radical (unpaired) electrons. The number of amides is 1. The Morgan fingerprint density at radius 3 is 2.65 bits per heavy atom. The van der Waals surface area contributed by atoms with Crippen LogP contribution in [0, 0.1) is 10.1 Å². The van der Waals surface area contributed by atoms with E-state index in [0.717, 1.165) is 22.9 Å². The minimum atomic E-state index is -3.99. The summed E-state index contributed by atoms with van der Waals surface area (Å²) in [6.45, 7) is 1.12. The number of carbonyl (C=O) groups excluding carboxylic acids is 2. The maximum absolute atomic E-state index is 12.9. The number of nitrogens with zero attached hydrogens (tertiary/aromatic N) is 5. The van der Waals surface area contributed by atoms with Crippen molar-refractivity contribution in [3.8, 4) is 0 Å². The summed E-state index contributed by atoms with van der Waals surface area (Å²) in [5, 5.41) is 13.5. The van der Waals surface area contributed by atoms with Crippen molar-refractivity contribution in [1.29, 1.82) is 0 Å². The fraction of sp³-hybridized carbons (Fsp3) is 0.500. The van der Waals surface area contributed by atoms with Gasteiger partial charge in [0.1, 0.15) is 18.2 Å². The molecule has 0 aliphatic carbocycles. The number of β-lactam (4-membered cyclic amide) rings is 1. The van der Waals surface area contributed by atoms with Gasteiger partial charge in [-0.1, -0.05) is 5.11 Å². The Morgan fingerprint density at radius 1 is 1.45 bits per heavy atom. The topological polar surface area (TPSA) is 182 Å². The SMILES string of the molecule is CC1(OS(C)(=O)=O)CS[C@@H]2[C@@H](N=[N+]=[N-])C(=O)N2C1C(=O)OCc1ccc([N+](=O)[O-])cc1. The summed E-state index contributed by atoms with van der Waals surface area (Å²) in [6, 6.07) is 2.90. The van der Waals surface area contributed by atoms with E-state index in [1.54, 1.807) is 0 Å². The van der Waals surface area contributed by atoms with Crippen LogP contribution in [-0.2, 0) is 35.2 Å². The van der Waals surface area contributed by atoms with Crippen molar-refractivity contribution in [2.24, 2.45) is 5.11 Å². The van der Waals surface area contributed by atoms with E-state index >= 15 is 0 Å². The summed E-state index contributed by atoms with van der Waals surface area (Å²) >= 11 is 1.13. The number of carbonyl (C=O) groups is 2. The molecule has 0 saturated carbocycles. The molecule has 15 heteroatoms. The molecule has 1 amide bonds.